The topological polar surface area (TPSA) is 259 Å². The van der Waals surface area contributed by atoms with Crippen LogP contribution in [0.2, 0.25) is 0 Å². The van der Waals surface area contributed by atoms with Gasteiger partial charge in [0.1, 0.15) is 29.4 Å². The number of amides is 2. The standard InChI is InChI=1S/C22H25Br4ClN10O4.C2HF3O2/c23-7-1-9(32-13(7)25)15(38)30-3-5-6(4-31-16(39)10-2-8(24)14(26)33-10)12(27)21-11(5)22(41)17(34-19(28)36-22)37(21)20(29)35-18(21)40;3-2(4,5)1(6)7/h1-2,5-6,11-12,17-19,32-34,36,40-41H,3-4,28H2,(H2,29,35)(H,30,38)(H,31,39);(H,6,7)/t5-,6-,11+,12+,17+,18+,19?,21+,22+;/m0./s1. The van der Waals surface area contributed by atoms with Gasteiger partial charge in [0.15, 0.2) is 17.9 Å². The van der Waals surface area contributed by atoms with Crippen LogP contribution in [0.5, 0.6) is 0 Å². The number of alkyl halides is 4. The number of aromatic nitrogens is 2. The van der Waals surface area contributed by atoms with Crippen LogP contribution < -0.4 is 32.7 Å². The second kappa shape index (κ2) is 13.3. The average Bonchev–Trinajstić information content (AvgIpc) is 3.76. The lowest BCUT2D eigenvalue weighted by Crippen LogP contribution is -2.63. The number of carboxylic acid groups (broad SMARTS) is 1. The number of aliphatic hydroxyl groups excluding tert-OH is 1. The van der Waals surface area contributed by atoms with Crippen molar-refractivity contribution in [2.45, 2.75) is 41.5 Å². The number of aliphatic hydroxyl groups is 2. The number of nitrogens with one attached hydrogen (secondary N) is 6. The van der Waals surface area contributed by atoms with Crippen molar-refractivity contribution < 1.29 is 42.9 Å². The van der Waals surface area contributed by atoms with E-state index in [1.807, 2.05) is 0 Å². The highest BCUT2D eigenvalue weighted by Gasteiger charge is 2.81. The van der Waals surface area contributed by atoms with Crippen LogP contribution in [0.25, 0.3) is 0 Å². The Morgan fingerprint density at radius 2 is 1.50 bits per heavy atom. The molecule has 1 saturated carbocycles. The lowest BCUT2D eigenvalue weighted by Gasteiger charge is -2.40. The number of fused-ring (bicyclic) bond motifs is 3. The number of hydrogen-bond acceptors (Lipinski definition) is 11. The number of guanidine groups is 1. The molecule has 3 aliphatic heterocycles. The first-order valence-corrected chi connectivity index (χ1v) is 17.3. The van der Waals surface area contributed by atoms with Crippen LogP contribution in [0, 0.1) is 17.8 Å². The van der Waals surface area contributed by atoms with Crippen LogP contribution >= 0.6 is 75.3 Å². The van der Waals surface area contributed by atoms with Crippen molar-refractivity contribution >= 4 is 99.1 Å². The Labute approximate surface area is 306 Å². The Hall–Kier alpha value is -1.96. The molecule has 9 atom stereocenters. The molecule has 2 saturated heterocycles. The van der Waals surface area contributed by atoms with E-state index in [0.717, 1.165) is 0 Å². The smallest absolute Gasteiger partial charge is 0.475 e. The molecule has 0 bridgehead atoms. The summed E-state index contributed by atoms with van der Waals surface area (Å²) in [4.78, 5) is 46.8. The molecule has 6 rings (SSSR count). The maximum absolute atomic E-state index is 13.1. The lowest BCUT2D eigenvalue weighted by atomic mass is 9.77. The van der Waals surface area contributed by atoms with Crippen molar-refractivity contribution in [2.75, 3.05) is 13.1 Å². The molecule has 2 aromatic rings. The summed E-state index contributed by atoms with van der Waals surface area (Å²) in [6, 6.07) is 3.26. The largest absolute Gasteiger partial charge is 0.490 e. The molecule has 2 aromatic heterocycles. The number of aliphatic carboxylic acids is 1. The van der Waals surface area contributed by atoms with Crippen LogP contribution in [0.3, 0.4) is 0 Å². The molecule has 1 unspecified atom stereocenters. The first kappa shape index (κ1) is 37.3. The summed E-state index contributed by atoms with van der Waals surface area (Å²) in [6.45, 7) is 0.0929. The van der Waals surface area contributed by atoms with E-state index in [2.05, 4.69) is 99.9 Å². The molecule has 24 heteroatoms. The minimum Gasteiger partial charge on any atom is -0.475 e. The highest BCUT2D eigenvalue weighted by molar-refractivity contribution is 9.13. The Morgan fingerprint density at radius 3 is 1.94 bits per heavy atom. The lowest BCUT2D eigenvalue weighted by molar-refractivity contribution is -0.192. The van der Waals surface area contributed by atoms with Crippen LogP contribution in [-0.4, -0.2) is 109 Å². The molecule has 1 aliphatic carbocycles. The third-order valence-electron chi connectivity index (χ3n) is 8.68. The van der Waals surface area contributed by atoms with Crippen LogP contribution in [-0.2, 0) is 4.79 Å². The number of aliphatic imine (C=N–C) groups is 1. The number of nitrogens with two attached hydrogens (primary N) is 2. The highest BCUT2D eigenvalue weighted by atomic mass is 79.9. The summed E-state index contributed by atoms with van der Waals surface area (Å²) in [5.41, 5.74) is 9.92. The molecule has 0 radical (unpaired) electrons. The van der Waals surface area contributed by atoms with E-state index in [1.165, 1.54) is 0 Å². The number of halogens is 8. The third-order valence-corrected chi connectivity index (χ3v) is 12.9. The molecule has 16 nitrogen and oxygen atoms in total. The fourth-order valence-electron chi connectivity index (χ4n) is 6.94. The first-order chi connectivity index (χ1) is 22.2. The number of carbonyl (C=O) groups is 3. The van der Waals surface area contributed by atoms with Gasteiger partial charge in [0.2, 0.25) is 0 Å². The number of aromatic amines is 2. The maximum Gasteiger partial charge on any atom is 0.490 e. The minimum absolute atomic E-state index is 0.00730. The van der Waals surface area contributed by atoms with Gasteiger partial charge in [-0.05, 0) is 81.8 Å². The van der Waals surface area contributed by atoms with Gasteiger partial charge in [0.05, 0.1) is 23.5 Å². The predicted octanol–water partition coefficient (Wildman–Crippen LogP) is 0.806. The first-order valence-electron chi connectivity index (χ1n) is 13.7. The Morgan fingerprint density at radius 1 is 1.02 bits per heavy atom. The van der Waals surface area contributed by atoms with Gasteiger partial charge >= 0.3 is 12.1 Å². The molecule has 1 spiro atoms. The van der Waals surface area contributed by atoms with E-state index in [0.29, 0.717) is 29.5 Å². The maximum atomic E-state index is 13.1. The summed E-state index contributed by atoms with van der Waals surface area (Å²) in [6.07, 6.45) is -8.13. The molecule has 5 heterocycles. The molecule has 4 aliphatic rings. The molecule has 2 amide bonds. The van der Waals surface area contributed by atoms with Gasteiger partial charge in [0, 0.05) is 24.9 Å². The van der Waals surface area contributed by atoms with Crippen LogP contribution in [0.15, 0.2) is 35.3 Å². The average molecular weight is 963 g/mol. The van der Waals surface area contributed by atoms with Gasteiger partial charge in [-0.1, -0.05) is 0 Å². The number of nitrogens with zero attached hydrogens (tertiary/aromatic N) is 2. The normalized spacial score (nSPS) is 33.4. The zero-order chi connectivity index (χ0) is 35.7. The zero-order valence-electron chi connectivity index (χ0n) is 23.7. The van der Waals surface area contributed by atoms with Crippen LogP contribution in [0.1, 0.15) is 21.0 Å². The molecular formula is C24H26Br4ClF3N10O6. The quantitative estimate of drug-likeness (QED) is 0.181. The van der Waals surface area contributed by atoms with Gasteiger partial charge in [-0.2, -0.15) is 13.2 Å². The van der Waals surface area contributed by atoms with E-state index >= 15 is 0 Å². The molecule has 13 N–H and O–H groups in total. The van der Waals surface area contributed by atoms with Gasteiger partial charge in [-0.3, -0.25) is 20.2 Å². The van der Waals surface area contributed by atoms with Gasteiger partial charge in [0.25, 0.3) is 11.8 Å². The zero-order valence-corrected chi connectivity index (χ0v) is 30.8. The van der Waals surface area contributed by atoms with E-state index in [4.69, 9.17) is 33.0 Å². The van der Waals surface area contributed by atoms with Gasteiger partial charge < -0.3 is 52.3 Å². The van der Waals surface area contributed by atoms with Gasteiger partial charge in [-0.25, -0.2) is 9.79 Å². The number of hydrogen-bond donors (Lipinski definition) is 11. The number of H-pyrrole nitrogens is 2. The Bertz CT molecular complexity index is 1630. The monoisotopic (exact) mass is 958 g/mol. The van der Waals surface area contributed by atoms with Gasteiger partial charge in [-0.15, -0.1) is 11.6 Å². The van der Waals surface area contributed by atoms with Crippen molar-refractivity contribution in [1.29, 1.82) is 0 Å². The summed E-state index contributed by atoms with van der Waals surface area (Å²) in [5.74, 6) is -5.53. The van der Waals surface area contributed by atoms with Crippen molar-refractivity contribution in [1.82, 2.24) is 36.1 Å². The van der Waals surface area contributed by atoms with E-state index in [1.54, 1.807) is 17.0 Å². The molecule has 3 fully saturated rings. The summed E-state index contributed by atoms with van der Waals surface area (Å²) in [7, 11) is 0. The second-order valence-electron chi connectivity index (χ2n) is 11.3. The molecule has 0 aromatic carbocycles. The van der Waals surface area contributed by atoms with Crippen molar-refractivity contribution in [3.05, 3.63) is 41.7 Å². The Balaban J connectivity index is 0.000000582. The summed E-state index contributed by atoms with van der Waals surface area (Å²) in [5, 5.41) is 41.6. The number of carboxylic acids is 1. The van der Waals surface area contributed by atoms with E-state index < -0.39 is 77.0 Å². The summed E-state index contributed by atoms with van der Waals surface area (Å²) < 4.78 is 34.3. The highest BCUT2D eigenvalue weighted by Crippen LogP contribution is 2.63. The fourth-order valence-corrected chi connectivity index (χ4v) is 8.88. The molecular weight excluding hydrogens is 936 g/mol. The third kappa shape index (κ3) is 6.16. The van der Waals surface area contributed by atoms with Crippen molar-refractivity contribution in [3.8, 4) is 0 Å². The number of carbonyl (C=O) groups excluding carboxylic acids is 2. The number of rotatable bonds is 6. The summed E-state index contributed by atoms with van der Waals surface area (Å²) >= 11 is 20.6. The predicted molar refractivity (Wildman–Crippen MR) is 176 cm³/mol. The second-order valence-corrected chi connectivity index (χ2v) is 15.0. The van der Waals surface area contributed by atoms with Crippen molar-refractivity contribution in [2.24, 2.45) is 34.2 Å². The fraction of sp³-hybridized carbons (Fsp3) is 0.500. The Kier molecular flexibility index (Phi) is 10.3. The van der Waals surface area contributed by atoms with E-state index in [-0.39, 0.29) is 19.0 Å². The minimum atomic E-state index is -5.08. The van der Waals surface area contributed by atoms with Crippen LogP contribution in [0.4, 0.5) is 13.2 Å². The molecule has 48 heavy (non-hydrogen) atoms. The molecule has 264 valence electrons. The van der Waals surface area contributed by atoms with E-state index in [9.17, 15) is 33.0 Å². The van der Waals surface area contributed by atoms with Crippen molar-refractivity contribution in [3.63, 3.8) is 0 Å². The SMILES string of the molecule is NC1=N[C@H](O)[C@]23[C@H](Cl)[C@@H](CNC(=O)c4cc(Br)c(Br)[nH]4)[C@H](CNC(=O)c4cc(Br)c(Br)[nH]4)[C@H]2[C@]2(O)NC(N)N[C@@H]2N13.O=C(O)C(F)(F)F.